The number of nitrogens with two attached hydrogens (primary N) is 1. The molecule has 5 rings (SSSR count). The van der Waals surface area contributed by atoms with Crippen LogP contribution in [0.25, 0.3) is 0 Å². The molecule has 0 amide bonds. The molecule has 0 radical (unpaired) electrons. The van der Waals surface area contributed by atoms with Crippen LogP contribution < -0.4 is 10.6 Å². The van der Waals surface area contributed by atoms with Crippen molar-refractivity contribution in [3.05, 3.63) is 73.0 Å². The van der Waals surface area contributed by atoms with Crippen LogP contribution in [0.1, 0.15) is 59.6 Å². The summed E-state index contributed by atoms with van der Waals surface area (Å²) in [6.07, 6.45) is 5.94. The Bertz CT molecular complexity index is 1270. The molecule has 2 aliphatic carbocycles. The topological polar surface area (TPSA) is 93.9 Å². The number of anilines is 1. The van der Waals surface area contributed by atoms with Gasteiger partial charge in [-0.25, -0.2) is 0 Å². The summed E-state index contributed by atoms with van der Waals surface area (Å²) >= 11 is 5.05. The Morgan fingerprint density at radius 3 is 2.50 bits per heavy atom. The van der Waals surface area contributed by atoms with Gasteiger partial charge >= 0.3 is 0 Å². The van der Waals surface area contributed by atoms with Gasteiger partial charge in [-0.15, -0.1) is 11.3 Å². The maximum Gasteiger partial charge on any atom is 0.161 e. The quantitative estimate of drug-likeness (QED) is 0.576. The van der Waals surface area contributed by atoms with Gasteiger partial charge in [-0.2, -0.15) is 10.5 Å². The predicted molar refractivity (Wildman–Crippen MR) is 128 cm³/mol. The molecule has 2 heterocycles. The van der Waals surface area contributed by atoms with Gasteiger partial charge < -0.3 is 5.73 Å². The van der Waals surface area contributed by atoms with E-state index >= 15 is 0 Å². The van der Waals surface area contributed by atoms with Crippen molar-refractivity contribution in [3.63, 3.8) is 0 Å². The van der Waals surface area contributed by atoms with Crippen molar-refractivity contribution >= 4 is 38.1 Å². The first-order valence-electron chi connectivity index (χ1n) is 10.8. The third-order valence-electron chi connectivity index (χ3n) is 6.58. The fourth-order valence-corrected chi connectivity index (χ4v) is 6.77. The lowest BCUT2D eigenvalue weighted by Crippen LogP contribution is -2.38. The second kappa shape index (κ2) is 8.24. The maximum absolute atomic E-state index is 13.2. The number of hydrogen-bond acceptors (Lipinski definition) is 6. The molecule has 7 heteroatoms. The van der Waals surface area contributed by atoms with E-state index in [2.05, 4.69) is 28.1 Å². The number of nitrogens with zero attached hydrogens (tertiary/aromatic N) is 3. The third-order valence-corrected chi connectivity index (χ3v) is 8.39. The molecule has 160 valence electrons. The summed E-state index contributed by atoms with van der Waals surface area (Å²) in [6.45, 7) is 0. The number of thiophene rings is 1. The highest BCUT2D eigenvalue weighted by molar-refractivity contribution is 9.10. The number of nitriles is 2. The van der Waals surface area contributed by atoms with Gasteiger partial charge in [0.15, 0.2) is 5.78 Å². The fraction of sp³-hybridized carbons (Fsp3) is 0.320. The molecular formula is C25H21BrN4OS. The number of ketones is 1. The van der Waals surface area contributed by atoms with Gasteiger partial charge in [0.1, 0.15) is 16.9 Å². The average molecular weight is 505 g/mol. The first-order chi connectivity index (χ1) is 15.5. The molecule has 2 N–H and O–H groups in total. The molecule has 1 aromatic heterocycles. The number of carbonyl (C=O) groups is 1. The monoisotopic (exact) mass is 504 g/mol. The van der Waals surface area contributed by atoms with Crippen molar-refractivity contribution in [2.75, 3.05) is 4.90 Å². The zero-order valence-electron chi connectivity index (χ0n) is 17.4. The minimum atomic E-state index is -0.479. The van der Waals surface area contributed by atoms with E-state index in [-0.39, 0.29) is 5.78 Å². The van der Waals surface area contributed by atoms with E-state index in [1.807, 2.05) is 29.2 Å². The average Bonchev–Trinajstić information content (AvgIpc) is 3.17. The zero-order chi connectivity index (χ0) is 22.4. The van der Waals surface area contributed by atoms with Gasteiger partial charge in [-0.1, -0.05) is 28.1 Å². The van der Waals surface area contributed by atoms with Crippen molar-refractivity contribution in [3.8, 4) is 12.1 Å². The summed E-state index contributed by atoms with van der Waals surface area (Å²) in [4.78, 5) is 16.3. The molecule has 1 aliphatic heterocycles. The van der Waals surface area contributed by atoms with Crippen molar-refractivity contribution in [1.29, 1.82) is 10.5 Å². The van der Waals surface area contributed by atoms with Crippen LogP contribution in [0.15, 0.2) is 51.4 Å². The first kappa shape index (κ1) is 21.0. The van der Waals surface area contributed by atoms with E-state index in [0.29, 0.717) is 35.4 Å². The number of fused-ring (bicyclic) bond motifs is 1. The number of halogens is 1. The highest BCUT2D eigenvalue weighted by Crippen LogP contribution is 2.50. The molecular weight excluding hydrogens is 484 g/mol. The van der Waals surface area contributed by atoms with Crippen molar-refractivity contribution in [2.45, 2.75) is 50.9 Å². The van der Waals surface area contributed by atoms with E-state index in [1.54, 1.807) is 11.3 Å². The smallest absolute Gasteiger partial charge is 0.161 e. The summed E-state index contributed by atoms with van der Waals surface area (Å²) in [5, 5.41) is 21.0. The Labute approximate surface area is 199 Å². The fourth-order valence-electron chi connectivity index (χ4n) is 5.13. The van der Waals surface area contributed by atoms with Crippen LogP contribution in [0.2, 0.25) is 0 Å². The highest BCUT2D eigenvalue weighted by Gasteiger charge is 2.41. The molecule has 2 aromatic rings. The Kier molecular flexibility index (Phi) is 5.41. The van der Waals surface area contributed by atoms with Gasteiger partial charge in [-0.3, -0.25) is 9.69 Å². The van der Waals surface area contributed by atoms with Crippen LogP contribution in [-0.4, -0.2) is 5.78 Å². The molecule has 32 heavy (non-hydrogen) atoms. The van der Waals surface area contributed by atoms with Gasteiger partial charge in [0.05, 0.1) is 23.1 Å². The number of allylic oxidation sites excluding steroid dienone is 3. The van der Waals surface area contributed by atoms with Crippen molar-refractivity contribution in [1.82, 2.24) is 0 Å². The number of carbonyl (C=O) groups excluding carboxylic acids is 1. The number of benzene rings is 1. The van der Waals surface area contributed by atoms with Crippen LogP contribution in [0.5, 0.6) is 0 Å². The second-order valence-electron chi connectivity index (χ2n) is 8.37. The summed E-state index contributed by atoms with van der Waals surface area (Å²) < 4.78 is 0.932. The standard InChI is InChI=1S/C25H21BrN4OS/c26-15-10-8-14(9-11-15)22-18(13-28)24(29)30(19-5-3-6-20(31)23(19)22)25-17(12-27)16-4-1-2-7-21(16)32-25/h8-11,22H,1-7,29H2. The first-order valence-corrected chi connectivity index (χ1v) is 12.4. The Hall–Kier alpha value is -2.87. The van der Waals surface area contributed by atoms with Gasteiger partial charge in [-0.05, 0) is 61.8 Å². The maximum atomic E-state index is 13.2. The number of Topliss-reactive ketones (excluding diaryl/α,β-unsaturated/α-hetero) is 1. The van der Waals surface area contributed by atoms with Crippen LogP contribution in [0.4, 0.5) is 5.00 Å². The van der Waals surface area contributed by atoms with Crippen molar-refractivity contribution in [2.24, 2.45) is 5.73 Å². The molecule has 0 saturated heterocycles. The molecule has 0 spiro atoms. The van der Waals surface area contributed by atoms with E-state index in [0.717, 1.165) is 58.4 Å². The highest BCUT2D eigenvalue weighted by atomic mass is 79.9. The number of rotatable bonds is 2. The van der Waals surface area contributed by atoms with Gasteiger partial charge in [0, 0.05) is 27.0 Å². The van der Waals surface area contributed by atoms with Crippen LogP contribution in [0.3, 0.4) is 0 Å². The van der Waals surface area contributed by atoms with E-state index < -0.39 is 5.92 Å². The largest absolute Gasteiger partial charge is 0.384 e. The lowest BCUT2D eigenvalue weighted by atomic mass is 9.75. The molecule has 1 atom stereocenters. The molecule has 1 aromatic carbocycles. The SMILES string of the molecule is N#CC1=C(N)N(c2sc3c(c2C#N)CCCC3)C2=C(C(=O)CCC2)C1c1ccc(Br)cc1. The van der Waals surface area contributed by atoms with E-state index in [1.165, 1.54) is 4.88 Å². The Balaban J connectivity index is 1.76. The predicted octanol–water partition coefficient (Wildman–Crippen LogP) is 5.57. The lowest BCUT2D eigenvalue weighted by molar-refractivity contribution is -0.116. The Morgan fingerprint density at radius 2 is 1.78 bits per heavy atom. The molecule has 1 unspecified atom stereocenters. The minimum Gasteiger partial charge on any atom is -0.384 e. The molecule has 0 fully saturated rings. The van der Waals surface area contributed by atoms with Crippen LogP contribution in [0, 0.1) is 22.7 Å². The van der Waals surface area contributed by atoms with E-state index in [4.69, 9.17) is 5.73 Å². The zero-order valence-corrected chi connectivity index (χ0v) is 19.9. The Morgan fingerprint density at radius 1 is 1.03 bits per heavy atom. The third kappa shape index (κ3) is 3.20. The second-order valence-corrected chi connectivity index (χ2v) is 10.4. The van der Waals surface area contributed by atoms with Crippen molar-refractivity contribution < 1.29 is 4.79 Å². The van der Waals surface area contributed by atoms with Crippen LogP contribution in [-0.2, 0) is 17.6 Å². The minimum absolute atomic E-state index is 0.0595. The lowest BCUT2D eigenvalue weighted by Gasteiger charge is -2.39. The molecule has 3 aliphatic rings. The summed E-state index contributed by atoms with van der Waals surface area (Å²) in [5.41, 5.74) is 11.2. The molecule has 0 bridgehead atoms. The summed E-state index contributed by atoms with van der Waals surface area (Å²) in [7, 11) is 0. The van der Waals surface area contributed by atoms with E-state index in [9.17, 15) is 15.3 Å². The van der Waals surface area contributed by atoms with Gasteiger partial charge in [0.2, 0.25) is 0 Å². The number of aryl methyl sites for hydroxylation is 1. The molecule has 0 saturated carbocycles. The molecule has 5 nitrogen and oxygen atoms in total. The summed E-state index contributed by atoms with van der Waals surface area (Å²) in [6, 6.07) is 12.4. The summed E-state index contributed by atoms with van der Waals surface area (Å²) in [5.74, 6) is -0.0829. The van der Waals surface area contributed by atoms with Gasteiger partial charge in [0.25, 0.3) is 0 Å². The van der Waals surface area contributed by atoms with Crippen LogP contribution >= 0.6 is 27.3 Å². The number of hydrogen-bond donors (Lipinski definition) is 1. The normalized spacial score (nSPS) is 20.5.